The molecule has 2 amide bonds. The van der Waals surface area contributed by atoms with E-state index < -0.39 is 0 Å². The van der Waals surface area contributed by atoms with E-state index in [9.17, 15) is 4.79 Å². The van der Waals surface area contributed by atoms with Crippen LogP contribution >= 0.6 is 11.8 Å². The van der Waals surface area contributed by atoms with Crippen molar-refractivity contribution in [1.29, 1.82) is 0 Å². The van der Waals surface area contributed by atoms with Gasteiger partial charge in [0.1, 0.15) is 0 Å². The van der Waals surface area contributed by atoms with E-state index in [2.05, 4.69) is 10.6 Å². The smallest absolute Gasteiger partial charge is 0.323 e. The molecule has 0 radical (unpaired) electrons. The van der Waals surface area contributed by atoms with Crippen molar-refractivity contribution >= 4 is 34.9 Å². The first kappa shape index (κ1) is 13.3. The fourth-order valence-corrected chi connectivity index (χ4v) is 2.20. The van der Waals surface area contributed by atoms with Crippen molar-refractivity contribution in [2.75, 3.05) is 22.6 Å². The van der Waals surface area contributed by atoms with E-state index in [0.29, 0.717) is 11.4 Å². The van der Waals surface area contributed by atoms with Gasteiger partial charge in [-0.1, -0.05) is 18.2 Å². The SMILES string of the molecule is CSc1ccccc1NC(=O)Nc1cccc(N)c1. The second-order valence-corrected chi connectivity index (χ2v) is 4.75. The first-order valence-electron chi connectivity index (χ1n) is 5.75. The number of hydrogen-bond donors (Lipinski definition) is 3. The first-order chi connectivity index (χ1) is 9.19. The van der Waals surface area contributed by atoms with Gasteiger partial charge in [0.05, 0.1) is 5.69 Å². The highest BCUT2D eigenvalue weighted by Gasteiger charge is 2.05. The van der Waals surface area contributed by atoms with E-state index in [-0.39, 0.29) is 6.03 Å². The predicted octanol–water partition coefficient (Wildman–Crippen LogP) is 3.63. The van der Waals surface area contributed by atoms with Gasteiger partial charge < -0.3 is 16.4 Å². The largest absolute Gasteiger partial charge is 0.399 e. The maximum atomic E-state index is 11.9. The van der Waals surface area contributed by atoms with Crippen molar-refractivity contribution in [3.63, 3.8) is 0 Å². The molecular formula is C14H15N3OS. The van der Waals surface area contributed by atoms with Gasteiger partial charge in [-0.25, -0.2) is 4.79 Å². The van der Waals surface area contributed by atoms with Crippen LogP contribution in [0.3, 0.4) is 0 Å². The molecule has 4 nitrogen and oxygen atoms in total. The van der Waals surface area contributed by atoms with Crippen LogP contribution in [0.2, 0.25) is 0 Å². The Balaban J connectivity index is 2.05. The highest BCUT2D eigenvalue weighted by Crippen LogP contribution is 2.24. The zero-order valence-electron chi connectivity index (χ0n) is 10.5. The molecule has 0 aromatic heterocycles. The van der Waals surface area contributed by atoms with Crippen molar-refractivity contribution in [1.82, 2.24) is 0 Å². The Morgan fingerprint density at radius 3 is 2.63 bits per heavy atom. The molecule has 0 aliphatic rings. The number of thioether (sulfide) groups is 1. The third-order valence-corrected chi connectivity index (χ3v) is 3.30. The Morgan fingerprint density at radius 2 is 1.89 bits per heavy atom. The van der Waals surface area contributed by atoms with Gasteiger partial charge >= 0.3 is 6.03 Å². The summed E-state index contributed by atoms with van der Waals surface area (Å²) in [5, 5.41) is 5.56. The minimum atomic E-state index is -0.285. The van der Waals surface area contributed by atoms with Crippen molar-refractivity contribution < 1.29 is 4.79 Å². The normalized spacial score (nSPS) is 9.95. The van der Waals surface area contributed by atoms with Crippen LogP contribution in [0, 0.1) is 0 Å². The number of nitrogen functional groups attached to an aromatic ring is 1. The Kier molecular flexibility index (Phi) is 4.30. The summed E-state index contributed by atoms with van der Waals surface area (Å²) in [7, 11) is 0. The Labute approximate surface area is 116 Å². The number of carbonyl (C=O) groups excluding carboxylic acids is 1. The highest BCUT2D eigenvalue weighted by atomic mass is 32.2. The summed E-state index contributed by atoms with van der Waals surface area (Å²) in [6.07, 6.45) is 1.97. The Bertz CT molecular complexity index is 586. The molecule has 4 N–H and O–H groups in total. The summed E-state index contributed by atoms with van der Waals surface area (Å²) in [6.45, 7) is 0. The van der Waals surface area contributed by atoms with Crippen LogP contribution < -0.4 is 16.4 Å². The lowest BCUT2D eigenvalue weighted by molar-refractivity contribution is 0.262. The van der Waals surface area contributed by atoms with Gasteiger partial charge in [0.25, 0.3) is 0 Å². The highest BCUT2D eigenvalue weighted by molar-refractivity contribution is 7.98. The molecule has 2 aromatic carbocycles. The van der Waals surface area contributed by atoms with Crippen molar-refractivity contribution in [2.24, 2.45) is 0 Å². The molecule has 0 atom stereocenters. The molecular weight excluding hydrogens is 258 g/mol. The first-order valence-corrected chi connectivity index (χ1v) is 6.98. The van der Waals surface area contributed by atoms with Gasteiger partial charge in [-0.05, 0) is 36.6 Å². The number of amides is 2. The second-order valence-electron chi connectivity index (χ2n) is 3.90. The molecule has 0 unspecified atom stereocenters. The monoisotopic (exact) mass is 273 g/mol. The molecule has 0 heterocycles. The third kappa shape index (κ3) is 3.66. The average Bonchev–Trinajstić information content (AvgIpc) is 2.39. The van der Waals surface area contributed by atoms with Crippen LogP contribution in [0.1, 0.15) is 0 Å². The molecule has 0 saturated carbocycles. The fourth-order valence-electron chi connectivity index (χ4n) is 1.65. The number of para-hydroxylation sites is 1. The molecule has 98 valence electrons. The predicted molar refractivity (Wildman–Crippen MR) is 81.7 cm³/mol. The van der Waals surface area contributed by atoms with Gasteiger partial charge in [-0.15, -0.1) is 11.8 Å². The quantitative estimate of drug-likeness (QED) is 0.591. The van der Waals surface area contributed by atoms with Gasteiger partial charge in [0.2, 0.25) is 0 Å². The molecule has 0 aliphatic carbocycles. The molecule has 2 aromatic rings. The van der Waals surface area contributed by atoms with Gasteiger partial charge in [-0.3, -0.25) is 0 Å². The van der Waals surface area contributed by atoms with Gasteiger partial charge in [-0.2, -0.15) is 0 Å². The summed E-state index contributed by atoms with van der Waals surface area (Å²) in [5.41, 5.74) is 7.72. The molecule has 5 heteroatoms. The maximum absolute atomic E-state index is 11.9. The summed E-state index contributed by atoms with van der Waals surface area (Å²) < 4.78 is 0. The van der Waals surface area contributed by atoms with E-state index in [0.717, 1.165) is 10.6 Å². The standard InChI is InChI=1S/C14H15N3OS/c1-19-13-8-3-2-7-12(13)17-14(18)16-11-6-4-5-10(15)9-11/h2-9H,15H2,1H3,(H2,16,17,18). The molecule has 0 aliphatic heterocycles. The average molecular weight is 273 g/mol. The topological polar surface area (TPSA) is 67.2 Å². The van der Waals surface area contributed by atoms with E-state index in [1.54, 1.807) is 36.0 Å². The lowest BCUT2D eigenvalue weighted by atomic mass is 10.3. The maximum Gasteiger partial charge on any atom is 0.323 e. The van der Waals surface area contributed by atoms with Gasteiger partial charge in [0.15, 0.2) is 0 Å². The van der Waals surface area contributed by atoms with E-state index in [4.69, 9.17) is 5.73 Å². The van der Waals surface area contributed by atoms with Crippen LogP contribution in [0.25, 0.3) is 0 Å². The van der Waals surface area contributed by atoms with E-state index >= 15 is 0 Å². The van der Waals surface area contributed by atoms with Crippen LogP contribution in [0.15, 0.2) is 53.4 Å². The molecule has 0 spiro atoms. The number of carbonyl (C=O) groups is 1. The van der Waals surface area contributed by atoms with Crippen molar-refractivity contribution in [3.05, 3.63) is 48.5 Å². The Morgan fingerprint density at radius 1 is 1.11 bits per heavy atom. The zero-order chi connectivity index (χ0) is 13.7. The molecule has 19 heavy (non-hydrogen) atoms. The van der Waals surface area contributed by atoms with Crippen LogP contribution in [0.4, 0.5) is 21.9 Å². The number of benzene rings is 2. The van der Waals surface area contributed by atoms with Gasteiger partial charge in [0, 0.05) is 16.3 Å². The third-order valence-electron chi connectivity index (χ3n) is 2.50. The van der Waals surface area contributed by atoms with Crippen molar-refractivity contribution in [2.45, 2.75) is 4.90 Å². The zero-order valence-corrected chi connectivity index (χ0v) is 11.3. The summed E-state index contributed by atoms with van der Waals surface area (Å²) in [6, 6.07) is 14.4. The summed E-state index contributed by atoms with van der Waals surface area (Å²) in [4.78, 5) is 12.9. The summed E-state index contributed by atoms with van der Waals surface area (Å²) >= 11 is 1.58. The minimum absolute atomic E-state index is 0.285. The summed E-state index contributed by atoms with van der Waals surface area (Å²) in [5.74, 6) is 0. The lowest BCUT2D eigenvalue weighted by Gasteiger charge is -2.10. The number of rotatable bonds is 3. The number of hydrogen-bond acceptors (Lipinski definition) is 3. The molecule has 0 bridgehead atoms. The molecule has 0 saturated heterocycles. The van der Waals surface area contributed by atoms with E-state index in [1.165, 1.54) is 0 Å². The molecule has 0 fully saturated rings. The minimum Gasteiger partial charge on any atom is -0.399 e. The van der Waals surface area contributed by atoms with Crippen LogP contribution in [-0.4, -0.2) is 12.3 Å². The number of urea groups is 1. The molecule has 2 rings (SSSR count). The second kappa shape index (κ2) is 6.15. The van der Waals surface area contributed by atoms with Crippen molar-refractivity contribution in [3.8, 4) is 0 Å². The fraction of sp³-hybridized carbons (Fsp3) is 0.0714. The van der Waals surface area contributed by atoms with E-state index in [1.807, 2.05) is 30.5 Å². The van der Waals surface area contributed by atoms with Crippen LogP contribution in [-0.2, 0) is 0 Å². The lowest BCUT2D eigenvalue weighted by Crippen LogP contribution is -2.19. The number of nitrogens with one attached hydrogen (secondary N) is 2. The Hall–Kier alpha value is -2.14. The number of anilines is 3. The van der Waals surface area contributed by atoms with Crippen LogP contribution in [0.5, 0.6) is 0 Å². The number of nitrogens with two attached hydrogens (primary N) is 1.